The van der Waals surface area contributed by atoms with Gasteiger partial charge in [0.25, 0.3) is 0 Å². The van der Waals surface area contributed by atoms with Gasteiger partial charge in [-0.1, -0.05) is 0 Å². The van der Waals surface area contributed by atoms with Crippen LogP contribution in [0.1, 0.15) is 13.8 Å². The summed E-state index contributed by atoms with van der Waals surface area (Å²) in [5.41, 5.74) is 5.60. The van der Waals surface area contributed by atoms with Gasteiger partial charge in [0, 0.05) is 19.1 Å². The number of rotatable bonds is 3. The number of nitrogens with zero attached hydrogens (tertiary/aromatic N) is 2. The number of aliphatic imine (C=N–C) groups is 1. The van der Waals surface area contributed by atoms with Crippen molar-refractivity contribution in [2.24, 2.45) is 10.7 Å². The number of carbonyl (C=O) groups is 1. The Kier molecular flexibility index (Phi) is 8.23. The lowest BCUT2D eigenvalue weighted by Crippen LogP contribution is -2.43. The number of ether oxygens (including phenoxy) is 1. The summed E-state index contributed by atoms with van der Waals surface area (Å²) in [4.78, 5) is 17.4. The van der Waals surface area contributed by atoms with Crippen molar-refractivity contribution in [1.29, 1.82) is 0 Å². The third kappa shape index (κ3) is 6.67. The molecule has 0 aromatic rings. The van der Waals surface area contributed by atoms with Crippen LogP contribution in [-0.2, 0) is 9.53 Å². The summed E-state index contributed by atoms with van der Waals surface area (Å²) in [5.74, 6) is 0.313. The normalized spacial score (nSPS) is 16.6. The van der Waals surface area contributed by atoms with E-state index in [1.807, 2.05) is 13.8 Å². The number of nitrogens with one attached hydrogen (secondary N) is 1. The zero-order valence-corrected chi connectivity index (χ0v) is 12.6. The number of carbonyl (C=O) groups excluding carboxylic acids is 1. The molecule has 1 fully saturated rings. The van der Waals surface area contributed by atoms with Gasteiger partial charge in [-0.15, -0.1) is 24.0 Å². The monoisotopic (exact) mass is 356 g/mol. The Labute approximate surface area is 119 Å². The molecule has 0 saturated carbocycles. The fraction of sp³-hybridized carbons (Fsp3) is 0.800. The topological polar surface area (TPSA) is 79.9 Å². The van der Waals surface area contributed by atoms with Crippen molar-refractivity contribution in [1.82, 2.24) is 10.2 Å². The quantitative estimate of drug-likeness (QED) is 0.416. The number of hydrogen-bond donors (Lipinski definition) is 2. The second-order valence-electron chi connectivity index (χ2n) is 3.99. The first-order valence-corrected chi connectivity index (χ1v) is 5.51. The molecular formula is C10H21IN4O2. The number of halogens is 1. The van der Waals surface area contributed by atoms with Crippen molar-refractivity contribution in [2.75, 3.05) is 32.8 Å². The van der Waals surface area contributed by atoms with Crippen molar-refractivity contribution in [3.63, 3.8) is 0 Å². The number of guanidine groups is 1. The predicted octanol–water partition coefficient (Wildman–Crippen LogP) is -0.224. The summed E-state index contributed by atoms with van der Waals surface area (Å²) in [6.45, 7) is 6.53. The summed E-state index contributed by atoms with van der Waals surface area (Å²) in [5, 5.41) is 2.93. The number of nitrogens with two attached hydrogens (primary N) is 1. The molecule has 1 rings (SSSR count). The molecule has 0 aromatic heterocycles. The highest BCUT2D eigenvalue weighted by Gasteiger charge is 2.15. The van der Waals surface area contributed by atoms with E-state index in [-0.39, 0.29) is 42.5 Å². The molecule has 1 aliphatic heterocycles. The number of hydrogen-bond acceptors (Lipinski definition) is 3. The van der Waals surface area contributed by atoms with Crippen LogP contribution in [0.2, 0.25) is 0 Å². The van der Waals surface area contributed by atoms with Gasteiger partial charge in [0.1, 0.15) is 6.54 Å². The van der Waals surface area contributed by atoms with Gasteiger partial charge in [0.2, 0.25) is 5.91 Å². The van der Waals surface area contributed by atoms with E-state index in [0.29, 0.717) is 32.3 Å². The van der Waals surface area contributed by atoms with Crippen LogP contribution in [0.4, 0.5) is 0 Å². The van der Waals surface area contributed by atoms with Crippen molar-refractivity contribution < 1.29 is 9.53 Å². The van der Waals surface area contributed by atoms with Crippen LogP contribution in [0, 0.1) is 0 Å². The van der Waals surface area contributed by atoms with Gasteiger partial charge in [0.05, 0.1) is 13.2 Å². The first-order chi connectivity index (χ1) is 7.59. The van der Waals surface area contributed by atoms with Crippen LogP contribution >= 0.6 is 24.0 Å². The molecule has 17 heavy (non-hydrogen) atoms. The zero-order chi connectivity index (χ0) is 12.0. The van der Waals surface area contributed by atoms with Crippen LogP contribution in [-0.4, -0.2) is 55.7 Å². The standard InChI is InChI=1S/C10H20N4O2.HI/c1-8(2)13-10(11)12-7-9(15)14-3-5-16-6-4-14;/h8H,3-7H2,1-2H3,(H3,11,12,13);1H. The van der Waals surface area contributed by atoms with Gasteiger partial charge in [-0.25, -0.2) is 4.99 Å². The molecule has 0 aromatic carbocycles. The zero-order valence-electron chi connectivity index (χ0n) is 10.3. The maximum Gasteiger partial charge on any atom is 0.244 e. The van der Waals surface area contributed by atoms with E-state index in [9.17, 15) is 4.79 Å². The molecule has 0 radical (unpaired) electrons. The van der Waals surface area contributed by atoms with Crippen LogP contribution < -0.4 is 11.1 Å². The average Bonchev–Trinajstić information content (AvgIpc) is 2.26. The van der Waals surface area contributed by atoms with E-state index >= 15 is 0 Å². The van der Waals surface area contributed by atoms with Gasteiger partial charge in [-0.2, -0.15) is 0 Å². The lowest BCUT2D eigenvalue weighted by molar-refractivity contribution is -0.133. The van der Waals surface area contributed by atoms with E-state index in [4.69, 9.17) is 10.5 Å². The van der Waals surface area contributed by atoms with Gasteiger partial charge >= 0.3 is 0 Å². The molecule has 0 spiro atoms. The molecule has 1 amide bonds. The molecule has 0 aliphatic carbocycles. The molecule has 3 N–H and O–H groups in total. The fourth-order valence-electron chi connectivity index (χ4n) is 1.41. The van der Waals surface area contributed by atoms with E-state index in [1.54, 1.807) is 4.90 Å². The van der Waals surface area contributed by atoms with Gasteiger partial charge in [-0.05, 0) is 13.8 Å². The Morgan fingerprint density at radius 3 is 2.59 bits per heavy atom. The third-order valence-electron chi connectivity index (χ3n) is 2.19. The Hall–Kier alpha value is -0.570. The average molecular weight is 356 g/mol. The van der Waals surface area contributed by atoms with Crippen LogP contribution in [0.5, 0.6) is 0 Å². The van der Waals surface area contributed by atoms with E-state index in [1.165, 1.54) is 0 Å². The largest absolute Gasteiger partial charge is 0.378 e. The first-order valence-electron chi connectivity index (χ1n) is 5.51. The minimum atomic E-state index is -0.00296. The Bertz CT molecular complexity index is 265. The maximum absolute atomic E-state index is 11.7. The summed E-state index contributed by atoms with van der Waals surface area (Å²) >= 11 is 0. The summed E-state index contributed by atoms with van der Waals surface area (Å²) < 4.78 is 5.16. The van der Waals surface area contributed by atoms with Crippen molar-refractivity contribution in [3.8, 4) is 0 Å². The highest BCUT2D eigenvalue weighted by molar-refractivity contribution is 14.0. The van der Waals surface area contributed by atoms with Gasteiger partial charge in [-0.3, -0.25) is 4.79 Å². The molecule has 100 valence electrons. The summed E-state index contributed by atoms with van der Waals surface area (Å²) in [7, 11) is 0. The molecule has 6 nitrogen and oxygen atoms in total. The maximum atomic E-state index is 11.7. The second kappa shape index (κ2) is 8.51. The van der Waals surface area contributed by atoms with Crippen molar-refractivity contribution in [2.45, 2.75) is 19.9 Å². The number of amides is 1. The van der Waals surface area contributed by atoms with Crippen LogP contribution in [0.25, 0.3) is 0 Å². The minimum Gasteiger partial charge on any atom is -0.378 e. The predicted molar refractivity (Wildman–Crippen MR) is 77.6 cm³/mol. The van der Waals surface area contributed by atoms with Crippen LogP contribution in [0.3, 0.4) is 0 Å². The molecular weight excluding hydrogens is 335 g/mol. The Balaban J connectivity index is 0.00000256. The fourth-order valence-corrected chi connectivity index (χ4v) is 1.41. The Morgan fingerprint density at radius 1 is 1.47 bits per heavy atom. The lowest BCUT2D eigenvalue weighted by atomic mass is 10.4. The third-order valence-corrected chi connectivity index (χ3v) is 2.19. The second-order valence-corrected chi connectivity index (χ2v) is 3.99. The minimum absolute atomic E-state index is 0. The SMILES string of the molecule is CC(C)NC(N)=NCC(=O)N1CCOCC1.I. The molecule has 1 aliphatic rings. The molecule has 0 unspecified atom stereocenters. The highest BCUT2D eigenvalue weighted by Crippen LogP contribution is 1.97. The lowest BCUT2D eigenvalue weighted by Gasteiger charge is -2.26. The van der Waals surface area contributed by atoms with Crippen molar-refractivity contribution >= 4 is 35.8 Å². The summed E-state index contributed by atoms with van der Waals surface area (Å²) in [6.07, 6.45) is 0. The number of morpholine rings is 1. The molecule has 7 heteroatoms. The molecule has 1 heterocycles. The van der Waals surface area contributed by atoms with Crippen LogP contribution in [0.15, 0.2) is 4.99 Å². The van der Waals surface area contributed by atoms with E-state index in [2.05, 4.69) is 10.3 Å². The molecule has 1 saturated heterocycles. The smallest absolute Gasteiger partial charge is 0.244 e. The highest BCUT2D eigenvalue weighted by atomic mass is 127. The van der Waals surface area contributed by atoms with Crippen molar-refractivity contribution in [3.05, 3.63) is 0 Å². The summed E-state index contributed by atoms with van der Waals surface area (Å²) in [6, 6.07) is 0.224. The van der Waals surface area contributed by atoms with E-state index in [0.717, 1.165) is 0 Å². The van der Waals surface area contributed by atoms with Gasteiger partial charge < -0.3 is 20.7 Å². The molecule has 0 bridgehead atoms. The molecule has 0 atom stereocenters. The Morgan fingerprint density at radius 2 is 2.06 bits per heavy atom. The van der Waals surface area contributed by atoms with Gasteiger partial charge in [0.15, 0.2) is 5.96 Å². The first kappa shape index (κ1) is 16.4. The van der Waals surface area contributed by atoms with E-state index < -0.39 is 0 Å².